The van der Waals surface area contributed by atoms with Gasteiger partial charge in [-0.15, -0.1) is 11.3 Å². The molecular formula is C14H23N3S. The molecule has 2 saturated heterocycles. The molecule has 4 heteroatoms. The fourth-order valence-corrected chi connectivity index (χ4v) is 4.39. The molecule has 0 saturated carbocycles. The molecular weight excluding hydrogens is 242 g/mol. The predicted octanol–water partition coefficient (Wildman–Crippen LogP) is 2.32. The van der Waals surface area contributed by atoms with Gasteiger partial charge in [0, 0.05) is 23.9 Å². The summed E-state index contributed by atoms with van der Waals surface area (Å²) in [6.45, 7) is 10.2. The largest absolute Gasteiger partial charge is 0.319 e. The first-order valence-corrected chi connectivity index (χ1v) is 7.75. The molecule has 0 radical (unpaired) electrons. The van der Waals surface area contributed by atoms with Crippen LogP contribution in [0, 0.1) is 5.92 Å². The van der Waals surface area contributed by atoms with Crippen molar-refractivity contribution in [1.82, 2.24) is 9.88 Å². The van der Waals surface area contributed by atoms with E-state index in [0.717, 1.165) is 13.0 Å². The van der Waals surface area contributed by atoms with Gasteiger partial charge in [-0.3, -0.25) is 0 Å². The zero-order valence-corrected chi connectivity index (χ0v) is 12.4. The molecule has 2 aliphatic heterocycles. The number of nitrogens with two attached hydrogens (primary N) is 1. The van der Waals surface area contributed by atoms with Gasteiger partial charge in [0.2, 0.25) is 0 Å². The SMILES string of the molecule is CC(C)(C)c1csc(C2(N)CCN3CCC2C3)n1. The van der Waals surface area contributed by atoms with Crippen molar-refractivity contribution in [2.24, 2.45) is 11.7 Å². The molecule has 0 spiro atoms. The summed E-state index contributed by atoms with van der Waals surface area (Å²) in [5.41, 5.74) is 7.89. The van der Waals surface area contributed by atoms with Crippen LogP contribution in [0.15, 0.2) is 5.38 Å². The Morgan fingerprint density at radius 3 is 2.89 bits per heavy atom. The lowest BCUT2D eigenvalue weighted by Crippen LogP contribution is -2.50. The molecule has 3 atom stereocenters. The third-order valence-corrected chi connectivity index (χ3v) is 5.55. The first kappa shape index (κ1) is 12.6. The van der Waals surface area contributed by atoms with Crippen molar-refractivity contribution < 1.29 is 0 Å². The molecule has 2 bridgehead atoms. The predicted molar refractivity (Wildman–Crippen MR) is 75.8 cm³/mol. The first-order valence-electron chi connectivity index (χ1n) is 6.87. The summed E-state index contributed by atoms with van der Waals surface area (Å²) in [7, 11) is 0. The maximum Gasteiger partial charge on any atom is 0.113 e. The van der Waals surface area contributed by atoms with E-state index in [2.05, 4.69) is 31.1 Å². The number of thiazole rings is 1. The summed E-state index contributed by atoms with van der Waals surface area (Å²) < 4.78 is 0. The van der Waals surface area contributed by atoms with Gasteiger partial charge in [-0.05, 0) is 25.3 Å². The van der Waals surface area contributed by atoms with Crippen LogP contribution >= 0.6 is 11.3 Å². The lowest BCUT2D eigenvalue weighted by molar-refractivity contribution is 0.168. The molecule has 3 rings (SSSR count). The van der Waals surface area contributed by atoms with Crippen molar-refractivity contribution in [2.45, 2.75) is 44.6 Å². The molecule has 2 aliphatic rings. The summed E-state index contributed by atoms with van der Waals surface area (Å²) in [5.74, 6) is 0.602. The fourth-order valence-electron chi connectivity index (χ4n) is 3.12. The zero-order valence-electron chi connectivity index (χ0n) is 11.6. The molecule has 0 amide bonds. The van der Waals surface area contributed by atoms with Crippen LogP contribution in [0.5, 0.6) is 0 Å². The van der Waals surface area contributed by atoms with Crippen LogP contribution in [0.1, 0.15) is 44.3 Å². The van der Waals surface area contributed by atoms with Crippen LogP contribution in [0.25, 0.3) is 0 Å². The average molecular weight is 265 g/mol. The van der Waals surface area contributed by atoms with E-state index in [0.29, 0.717) is 5.92 Å². The Labute approximate surface area is 113 Å². The Kier molecular flexibility index (Phi) is 2.81. The number of piperidine rings is 1. The minimum Gasteiger partial charge on any atom is -0.319 e. The minimum atomic E-state index is -0.166. The van der Waals surface area contributed by atoms with Crippen LogP contribution in [0.4, 0.5) is 0 Å². The number of hydrogen-bond donors (Lipinski definition) is 1. The quantitative estimate of drug-likeness (QED) is 0.847. The van der Waals surface area contributed by atoms with Gasteiger partial charge < -0.3 is 10.6 Å². The summed E-state index contributed by atoms with van der Waals surface area (Å²) in [6, 6.07) is 0. The van der Waals surface area contributed by atoms with Crippen molar-refractivity contribution in [2.75, 3.05) is 19.6 Å². The van der Waals surface area contributed by atoms with Crippen LogP contribution in [0.2, 0.25) is 0 Å². The Hall–Kier alpha value is -0.450. The third-order valence-electron chi connectivity index (χ3n) is 4.51. The third kappa shape index (κ3) is 1.91. The topological polar surface area (TPSA) is 42.1 Å². The van der Waals surface area contributed by atoms with E-state index >= 15 is 0 Å². The minimum absolute atomic E-state index is 0.126. The monoisotopic (exact) mass is 265 g/mol. The lowest BCUT2D eigenvalue weighted by atomic mass is 9.80. The first-order chi connectivity index (χ1) is 8.39. The highest BCUT2D eigenvalue weighted by Gasteiger charge is 2.46. The lowest BCUT2D eigenvalue weighted by Gasteiger charge is -2.38. The smallest absolute Gasteiger partial charge is 0.113 e. The van der Waals surface area contributed by atoms with Crippen LogP contribution in [-0.2, 0) is 11.0 Å². The molecule has 3 heterocycles. The van der Waals surface area contributed by atoms with Gasteiger partial charge >= 0.3 is 0 Å². The van der Waals surface area contributed by atoms with Crippen LogP contribution < -0.4 is 5.73 Å². The van der Waals surface area contributed by atoms with Gasteiger partial charge in [-0.2, -0.15) is 0 Å². The van der Waals surface area contributed by atoms with Gasteiger partial charge in [0.05, 0.1) is 11.2 Å². The van der Waals surface area contributed by atoms with E-state index in [1.54, 1.807) is 11.3 Å². The summed E-state index contributed by atoms with van der Waals surface area (Å²) in [6.07, 6.45) is 2.30. The highest BCUT2D eigenvalue weighted by Crippen LogP contribution is 2.42. The maximum atomic E-state index is 6.74. The Bertz CT molecular complexity index is 448. The molecule has 1 aromatic heterocycles. The van der Waals surface area contributed by atoms with Gasteiger partial charge in [0.1, 0.15) is 5.01 Å². The molecule has 2 fully saturated rings. The molecule has 1 aromatic rings. The summed E-state index contributed by atoms with van der Waals surface area (Å²) in [4.78, 5) is 7.40. The Morgan fingerprint density at radius 1 is 1.44 bits per heavy atom. The van der Waals surface area contributed by atoms with E-state index < -0.39 is 0 Å². The summed E-state index contributed by atoms with van der Waals surface area (Å²) >= 11 is 1.76. The normalized spacial score (nSPS) is 36.0. The molecule has 3 unspecified atom stereocenters. The van der Waals surface area contributed by atoms with Gasteiger partial charge in [-0.1, -0.05) is 20.8 Å². The number of fused-ring (bicyclic) bond motifs is 2. The van der Waals surface area contributed by atoms with Gasteiger partial charge in [0.25, 0.3) is 0 Å². The highest BCUT2D eigenvalue weighted by atomic mass is 32.1. The summed E-state index contributed by atoms with van der Waals surface area (Å²) in [5, 5.41) is 3.37. The maximum absolute atomic E-state index is 6.74. The second kappa shape index (κ2) is 4.02. The second-order valence-corrected chi connectivity index (χ2v) is 7.72. The fraction of sp³-hybridized carbons (Fsp3) is 0.786. The standard InChI is InChI=1S/C14H23N3S/c1-13(2,3)11-9-18-12(16-11)14(15)5-7-17-6-4-10(14)8-17/h9-10H,4-8,15H2,1-3H3. The van der Waals surface area contributed by atoms with E-state index in [4.69, 9.17) is 10.7 Å². The Balaban J connectivity index is 1.92. The van der Waals surface area contributed by atoms with E-state index in [1.807, 2.05) is 0 Å². The molecule has 0 aliphatic carbocycles. The van der Waals surface area contributed by atoms with E-state index in [-0.39, 0.29) is 11.0 Å². The number of hydrogen-bond acceptors (Lipinski definition) is 4. The number of aromatic nitrogens is 1. The van der Waals surface area contributed by atoms with Crippen molar-refractivity contribution in [1.29, 1.82) is 0 Å². The number of rotatable bonds is 1. The molecule has 100 valence electrons. The van der Waals surface area contributed by atoms with Crippen molar-refractivity contribution >= 4 is 11.3 Å². The van der Waals surface area contributed by atoms with Crippen molar-refractivity contribution in [3.05, 3.63) is 16.1 Å². The Morgan fingerprint density at radius 2 is 2.22 bits per heavy atom. The van der Waals surface area contributed by atoms with Gasteiger partial charge in [0.15, 0.2) is 0 Å². The molecule has 3 nitrogen and oxygen atoms in total. The number of nitrogens with zero attached hydrogens (tertiary/aromatic N) is 2. The van der Waals surface area contributed by atoms with Crippen LogP contribution in [-0.4, -0.2) is 29.5 Å². The van der Waals surface area contributed by atoms with E-state index in [9.17, 15) is 0 Å². The van der Waals surface area contributed by atoms with Crippen LogP contribution in [0.3, 0.4) is 0 Å². The molecule has 18 heavy (non-hydrogen) atoms. The molecule has 0 aromatic carbocycles. The van der Waals surface area contributed by atoms with E-state index in [1.165, 1.54) is 30.2 Å². The molecule has 2 N–H and O–H groups in total. The van der Waals surface area contributed by atoms with Crippen molar-refractivity contribution in [3.63, 3.8) is 0 Å². The average Bonchev–Trinajstić information content (AvgIpc) is 2.93. The highest BCUT2D eigenvalue weighted by molar-refractivity contribution is 7.09. The van der Waals surface area contributed by atoms with Gasteiger partial charge in [-0.25, -0.2) is 4.98 Å². The van der Waals surface area contributed by atoms with Crippen molar-refractivity contribution in [3.8, 4) is 0 Å². The second-order valence-electron chi connectivity index (χ2n) is 6.86. The zero-order chi connectivity index (χ0) is 13.0.